The summed E-state index contributed by atoms with van der Waals surface area (Å²) in [5, 5.41) is 11.8. The lowest BCUT2D eigenvalue weighted by Crippen LogP contribution is -2.49. The number of carbonyl (C=O) groups excluding carboxylic acids is 1. The third kappa shape index (κ3) is 5.53. The Kier molecular flexibility index (Phi) is 7.29. The fraction of sp³-hybridized carbons (Fsp3) is 0.818. The zero-order valence-corrected chi connectivity index (χ0v) is 11.1. The molecule has 2 N–H and O–H groups in total. The highest BCUT2D eigenvalue weighted by Gasteiger charge is 2.23. The third-order valence-electron chi connectivity index (χ3n) is 2.70. The summed E-state index contributed by atoms with van der Waals surface area (Å²) >= 11 is 0. The Bertz CT molecular complexity index is 258. The van der Waals surface area contributed by atoms with Gasteiger partial charge in [0.1, 0.15) is 6.54 Å². The Morgan fingerprint density at radius 2 is 2.00 bits per heavy atom. The second-order valence-corrected chi connectivity index (χ2v) is 4.09. The van der Waals surface area contributed by atoms with Gasteiger partial charge in [-0.1, -0.05) is 6.92 Å². The topological polar surface area (TPSA) is 72.9 Å². The Hall–Kier alpha value is -1.30. The Morgan fingerprint density at radius 3 is 2.41 bits per heavy atom. The van der Waals surface area contributed by atoms with Crippen molar-refractivity contribution in [3.63, 3.8) is 0 Å². The monoisotopic (exact) mass is 245 g/mol. The normalized spacial score (nSPS) is 12.0. The first kappa shape index (κ1) is 15.7. The van der Waals surface area contributed by atoms with Gasteiger partial charge in [0.05, 0.1) is 0 Å². The van der Waals surface area contributed by atoms with Crippen molar-refractivity contribution in [1.82, 2.24) is 15.1 Å². The molecule has 0 radical (unpaired) electrons. The number of urea groups is 1. The largest absolute Gasteiger partial charge is 0.480 e. The number of hydrogen-bond donors (Lipinski definition) is 2. The van der Waals surface area contributed by atoms with Gasteiger partial charge in [-0.2, -0.15) is 0 Å². The number of nitrogens with zero attached hydrogens (tertiary/aromatic N) is 2. The van der Waals surface area contributed by atoms with Gasteiger partial charge in [0, 0.05) is 26.2 Å². The fourth-order valence-electron chi connectivity index (χ4n) is 1.37. The first-order valence-corrected chi connectivity index (χ1v) is 5.82. The minimum atomic E-state index is -0.985. The van der Waals surface area contributed by atoms with Gasteiger partial charge in [0.15, 0.2) is 0 Å². The first-order chi connectivity index (χ1) is 7.93. The summed E-state index contributed by atoms with van der Waals surface area (Å²) < 4.78 is 0. The molecule has 0 spiro atoms. The maximum absolute atomic E-state index is 12.0. The standard InChI is InChI=1S/C11H23N3O3/c1-5-9(2)14(8-10(15)16)11(17)13(4)7-6-12-3/h9,12H,5-8H2,1-4H3,(H,15,16). The summed E-state index contributed by atoms with van der Waals surface area (Å²) in [7, 11) is 3.49. The van der Waals surface area contributed by atoms with Crippen molar-refractivity contribution in [1.29, 1.82) is 0 Å². The van der Waals surface area contributed by atoms with Gasteiger partial charge in [-0.3, -0.25) is 4.79 Å². The molecule has 1 unspecified atom stereocenters. The van der Waals surface area contributed by atoms with E-state index in [-0.39, 0.29) is 18.6 Å². The average Bonchev–Trinajstić information content (AvgIpc) is 2.30. The van der Waals surface area contributed by atoms with Crippen LogP contribution in [0.25, 0.3) is 0 Å². The zero-order valence-electron chi connectivity index (χ0n) is 11.1. The van der Waals surface area contributed by atoms with E-state index in [4.69, 9.17) is 5.11 Å². The molecule has 0 rings (SSSR count). The molecule has 0 bridgehead atoms. The summed E-state index contributed by atoms with van der Waals surface area (Å²) in [5.41, 5.74) is 0. The molecule has 2 amide bonds. The van der Waals surface area contributed by atoms with Crippen LogP contribution in [0.15, 0.2) is 0 Å². The van der Waals surface area contributed by atoms with Crippen molar-refractivity contribution >= 4 is 12.0 Å². The molecule has 0 aliphatic carbocycles. The van der Waals surface area contributed by atoms with Crippen LogP contribution in [0.4, 0.5) is 4.79 Å². The molecule has 0 aromatic rings. The maximum Gasteiger partial charge on any atom is 0.323 e. The van der Waals surface area contributed by atoms with Crippen molar-refractivity contribution in [3.8, 4) is 0 Å². The van der Waals surface area contributed by atoms with E-state index in [9.17, 15) is 9.59 Å². The second-order valence-electron chi connectivity index (χ2n) is 4.09. The highest BCUT2D eigenvalue weighted by Crippen LogP contribution is 2.06. The highest BCUT2D eigenvalue weighted by atomic mass is 16.4. The van der Waals surface area contributed by atoms with Crippen LogP contribution in [0.1, 0.15) is 20.3 Å². The van der Waals surface area contributed by atoms with E-state index < -0.39 is 5.97 Å². The number of aliphatic carboxylic acids is 1. The number of rotatable bonds is 7. The molecule has 1 atom stereocenters. The molecule has 6 nitrogen and oxygen atoms in total. The van der Waals surface area contributed by atoms with Crippen LogP contribution in [-0.2, 0) is 4.79 Å². The van der Waals surface area contributed by atoms with Crippen LogP contribution in [-0.4, -0.2) is 66.7 Å². The van der Waals surface area contributed by atoms with Crippen LogP contribution < -0.4 is 5.32 Å². The predicted molar refractivity (Wildman–Crippen MR) is 66.0 cm³/mol. The molecule has 0 fully saturated rings. The SMILES string of the molecule is CCC(C)N(CC(=O)O)C(=O)N(C)CCNC. The third-order valence-corrected chi connectivity index (χ3v) is 2.70. The number of carboxylic acids is 1. The van der Waals surface area contributed by atoms with Gasteiger partial charge >= 0.3 is 12.0 Å². The highest BCUT2D eigenvalue weighted by molar-refractivity contribution is 5.80. The van der Waals surface area contributed by atoms with Crippen LogP contribution in [0.3, 0.4) is 0 Å². The number of carboxylic acid groups (broad SMARTS) is 1. The van der Waals surface area contributed by atoms with Gasteiger partial charge < -0.3 is 20.2 Å². The van der Waals surface area contributed by atoms with Crippen molar-refractivity contribution in [2.24, 2.45) is 0 Å². The summed E-state index contributed by atoms with van der Waals surface area (Å²) in [6.45, 7) is 4.77. The van der Waals surface area contributed by atoms with Gasteiger partial charge in [0.25, 0.3) is 0 Å². The van der Waals surface area contributed by atoms with Gasteiger partial charge in [-0.15, -0.1) is 0 Å². The fourth-order valence-corrected chi connectivity index (χ4v) is 1.37. The van der Waals surface area contributed by atoms with Gasteiger partial charge in [0.2, 0.25) is 0 Å². The number of likely N-dealkylation sites (N-methyl/N-ethyl adjacent to an activating group) is 2. The maximum atomic E-state index is 12.0. The summed E-state index contributed by atoms with van der Waals surface area (Å²) in [6, 6.07) is -0.312. The number of hydrogen-bond acceptors (Lipinski definition) is 3. The molecule has 0 saturated carbocycles. The van der Waals surface area contributed by atoms with Crippen LogP contribution in [0.5, 0.6) is 0 Å². The molecule has 0 saturated heterocycles. The van der Waals surface area contributed by atoms with E-state index in [1.165, 1.54) is 9.80 Å². The van der Waals surface area contributed by atoms with Crippen LogP contribution in [0.2, 0.25) is 0 Å². The second kappa shape index (κ2) is 7.89. The zero-order chi connectivity index (χ0) is 13.4. The summed E-state index contributed by atoms with van der Waals surface area (Å²) in [5.74, 6) is -0.985. The molecule has 6 heteroatoms. The lowest BCUT2D eigenvalue weighted by atomic mass is 10.2. The molecular formula is C11H23N3O3. The smallest absolute Gasteiger partial charge is 0.323 e. The molecule has 0 aromatic heterocycles. The molecule has 0 aliphatic heterocycles. The van der Waals surface area contributed by atoms with E-state index in [0.717, 1.165) is 6.42 Å². The Labute approximate surface area is 103 Å². The van der Waals surface area contributed by atoms with Crippen molar-refractivity contribution in [3.05, 3.63) is 0 Å². The van der Waals surface area contributed by atoms with E-state index in [0.29, 0.717) is 13.1 Å². The lowest BCUT2D eigenvalue weighted by Gasteiger charge is -2.31. The first-order valence-electron chi connectivity index (χ1n) is 5.82. The van der Waals surface area contributed by atoms with Crippen LogP contribution in [0, 0.1) is 0 Å². The number of nitrogens with one attached hydrogen (secondary N) is 1. The molecule has 0 heterocycles. The van der Waals surface area contributed by atoms with E-state index in [1.54, 1.807) is 7.05 Å². The predicted octanol–water partition coefficient (Wildman–Crippen LogP) is 0.443. The Balaban J connectivity index is 4.56. The number of carbonyl (C=O) groups is 2. The Morgan fingerprint density at radius 1 is 1.41 bits per heavy atom. The van der Waals surface area contributed by atoms with Crippen molar-refractivity contribution in [2.45, 2.75) is 26.3 Å². The van der Waals surface area contributed by atoms with Crippen LogP contribution >= 0.6 is 0 Å². The van der Waals surface area contributed by atoms with E-state index >= 15 is 0 Å². The van der Waals surface area contributed by atoms with Crippen molar-refractivity contribution in [2.75, 3.05) is 33.7 Å². The minimum Gasteiger partial charge on any atom is -0.480 e. The molecule has 0 aliphatic rings. The summed E-state index contributed by atoms with van der Waals surface area (Å²) in [4.78, 5) is 25.7. The molecule has 100 valence electrons. The average molecular weight is 245 g/mol. The van der Waals surface area contributed by atoms with E-state index in [1.807, 2.05) is 20.9 Å². The quantitative estimate of drug-likeness (QED) is 0.683. The minimum absolute atomic E-state index is 0.0735. The molecule has 0 aromatic carbocycles. The molecule has 17 heavy (non-hydrogen) atoms. The van der Waals surface area contributed by atoms with Gasteiger partial charge in [-0.05, 0) is 20.4 Å². The molecular weight excluding hydrogens is 222 g/mol. The summed E-state index contributed by atoms with van der Waals surface area (Å²) in [6.07, 6.45) is 0.735. The van der Waals surface area contributed by atoms with Gasteiger partial charge in [-0.25, -0.2) is 4.79 Å². The van der Waals surface area contributed by atoms with Crippen molar-refractivity contribution < 1.29 is 14.7 Å². The number of amides is 2. The lowest BCUT2D eigenvalue weighted by molar-refractivity contribution is -0.138. The van der Waals surface area contributed by atoms with E-state index in [2.05, 4.69) is 5.32 Å².